The number of aromatic nitrogens is 2. The molecule has 0 saturated carbocycles. The second-order valence-electron chi connectivity index (χ2n) is 7.26. The van der Waals surface area contributed by atoms with Gasteiger partial charge in [-0.15, -0.1) is 10.2 Å². The van der Waals surface area contributed by atoms with Crippen LogP contribution >= 0.6 is 27.7 Å². The van der Waals surface area contributed by atoms with Gasteiger partial charge < -0.3 is 4.42 Å². The largest absolute Gasteiger partial charge is 0.411 e. The average molecular weight is 516 g/mol. The van der Waals surface area contributed by atoms with E-state index in [1.54, 1.807) is 4.90 Å². The van der Waals surface area contributed by atoms with Crippen molar-refractivity contribution in [2.45, 2.75) is 5.22 Å². The fourth-order valence-electron chi connectivity index (χ4n) is 3.50. The predicted molar refractivity (Wildman–Crippen MR) is 136 cm³/mol. The number of benzene rings is 4. The lowest BCUT2D eigenvalue weighted by Crippen LogP contribution is -2.27. The zero-order valence-corrected chi connectivity index (χ0v) is 19.8. The minimum atomic E-state index is -0.0788. The number of hydrogen-bond acceptors (Lipinski definition) is 5. The van der Waals surface area contributed by atoms with Crippen molar-refractivity contribution >= 4 is 55.7 Å². The van der Waals surface area contributed by atoms with Crippen molar-refractivity contribution in [1.82, 2.24) is 10.2 Å². The minimum Gasteiger partial charge on any atom is -0.411 e. The molecule has 0 spiro atoms. The lowest BCUT2D eigenvalue weighted by atomic mass is 10.1. The van der Waals surface area contributed by atoms with Crippen LogP contribution < -0.4 is 4.90 Å². The first-order chi connectivity index (χ1) is 16.2. The highest BCUT2D eigenvalue weighted by molar-refractivity contribution is 9.10. The van der Waals surface area contributed by atoms with Crippen LogP contribution in [0.3, 0.4) is 0 Å². The summed E-state index contributed by atoms with van der Waals surface area (Å²) in [6.45, 7) is 0. The Morgan fingerprint density at radius 1 is 0.818 bits per heavy atom. The number of carbonyl (C=O) groups is 1. The number of para-hydroxylation sites is 1. The van der Waals surface area contributed by atoms with Crippen molar-refractivity contribution in [3.63, 3.8) is 0 Å². The van der Waals surface area contributed by atoms with Crippen molar-refractivity contribution < 1.29 is 9.21 Å². The quantitative estimate of drug-likeness (QED) is 0.225. The summed E-state index contributed by atoms with van der Waals surface area (Å²) in [5.74, 6) is 0.501. The second-order valence-corrected chi connectivity index (χ2v) is 9.11. The van der Waals surface area contributed by atoms with Gasteiger partial charge in [-0.2, -0.15) is 0 Å². The zero-order valence-electron chi connectivity index (χ0n) is 17.4. The molecule has 0 bridgehead atoms. The summed E-state index contributed by atoms with van der Waals surface area (Å²) in [5.41, 5.74) is 2.44. The first kappa shape index (κ1) is 21.4. The van der Waals surface area contributed by atoms with Crippen LogP contribution in [0.4, 0.5) is 11.4 Å². The van der Waals surface area contributed by atoms with Crippen LogP contribution in [0.15, 0.2) is 111 Å². The van der Waals surface area contributed by atoms with Crippen LogP contribution in [0.2, 0.25) is 0 Å². The Labute approximate surface area is 203 Å². The fourth-order valence-corrected chi connectivity index (χ4v) is 4.37. The number of amides is 1. The molecule has 4 aromatic carbocycles. The fraction of sp³-hybridized carbons (Fsp3) is 0.0385. The summed E-state index contributed by atoms with van der Waals surface area (Å²) in [5, 5.41) is 10.8. The summed E-state index contributed by atoms with van der Waals surface area (Å²) in [6.07, 6.45) is 0. The molecule has 0 aliphatic carbocycles. The molecule has 0 fully saturated rings. The molecule has 33 heavy (non-hydrogen) atoms. The molecule has 5 aromatic rings. The van der Waals surface area contributed by atoms with Gasteiger partial charge in [0.1, 0.15) is 0 Å². The third kappa shape index (κ3) is 4.84. The van der Waals surface area contributed by atoms with Crippen LogP contribution in [0.5, 0.6) is 0 Å². The van der Waals surface area contributed by atoms with Gasteiger partial charge in [-0.25, -0.2) is 0 Å². The Kier molecular flexibility index (Phi) is 6.24. The van der Waals surface area contributed by atoms with Gasteiger partial charge in [0.2, 0.25) is 11.8 Å². The predicted octanol–water partition coefficient (Wildman–Crippen LogP) is 7.11. The van der Waals surface area contributed by atoms with Gasteiger partial charge in [0.05, 0.1) is 5.75 Å². The molecule has 162 valence electrons. The summed E-state index contributed by atoms with van der Waals surface area (Å²) >= 11 is 4.64. The van der Waals surface area contributed by atoms with E-state index in [4.69, 9.17) is 4.42 Å². The lowest BCUT2D eigenvalue weighted by Gasteiger charge is -2.23. The maximum absolute atomic E-state index is 13.4. The molecule has 0 saturated heterocycles. The molecular weight excluding hydrogens is 498 g/mol. The molecule has 0 atom stereocenters. The Morgan fingerprint density at radius 2 is 1.55 bits per heavy atom. The van der Waals surface area contributed by atoms with Crippen LogP contribution in [0.1, 0.15) is 0 Å². The van der Waals surface area contributed by atoms with E-state index in [9.17, 15) is 4.79 Å². The molecule has 0 N–H and O–H groups in total. The number of hydrogen-bond donors (Lipinski definition) is 0. The standard InChI is InChI=1S/C26H18BrN3O2S/c27-21-13-10-19(11-14-21)25-28-29-26(32-25)33-17-24(31)30(22-8-2-1-3-9-22)23-15-12-18-6-4-5-7-20(18)16-23/h1-16H,17H2. The van der Waals surface area contributed by atoms with Crippen molar-refractivity contribution in [2.75, 3.05) is 10.7 Å². The molecule has 0 aliphatic heterocycles. The minimum absolute atomic E-state index is 0.0788. The Bertz CT molecular complexity index is 1400. The topological polar surface area (TPSA) is 59.2 Å². The number of carbonyl (C=O) groups excluding carboxylic acids is 1. The molecule has 1 aromatic heterocycles. The Hall–Kier alpha value is -3.42. The van der Waals surface area contributed by atoms with Gasteiger partial charge in [-0.05, 0) is 59.3 Å². The molecule has 0 radical (unpaired) electrons. The number of thioether (sulfide) groups is 1. The van der Waals surface area contributed by atoms with E-state index in [-0.39, 0.29) is 11.7 Å². The van der Waals surface area contributed by atoms with Gasteiger partial charge >= 0.3 is 0 Å². The molecule has 1 heterocycles. The summed E-state index contributed by atoms with van der Waals surface area (Å²) in [7, 11) is 0. The molecule has 0 unspecified atom stereocenters. The Morgan fingerprint density at radius 3 is 2.33 bits per heavy atom. The van der Waals surface area contributed by atoms with E-state index in [1.165, 1.54) is 11.8 Å². The molecular formula is C26H18BrN3O2S. The van der Waals surface area contributed by atoms with Gasteiger partial charge in [0, 0.05) is 21.4 Å². The molecule has 7 heteroatoms. The van der Waals surface area contributed by atoms with Crippen LogP contribution in [-0.4, -0.2) is 21.9 Å². The SMILES string of the molecule is O=C(CSc1nnc(-c2ccc(Br)cc2)o1)N(c1ccccc1)c1ccc2ccccc2c1. The molecule has 1 amide bonds. The second kappa shape index (κ2) is 9.60. The zero-order chi connectivity index (χ0) is 22.6. The first-order valence-electron chi connectivity index (χ1n) is 10.3. The monoisotopic (exact) mass is 515 g/mol. The summed E-state index contributed by atoms with van der Waals surface area (Å²) < 4.78 is 6.74. The van der Waals surface area contributed by atoms with E-state index in [0.717, 1.165) is 32.2 Å². The highest BCUT2D eigenvalue weighted by Gasteiger charge is 2.20. The maximum Gasteiger partial charge on any atom is 0.277 e. The van der Waals surface area contributed by atoms with Gasteiger partial charge in [-0.1, -0.05) is 76.2 Å². The van der Waals surface area contributed by atoms with Crippen LogP contribution in [0.25, 0.3) is 22.2 Å². The van der Waals surface area contributed by atoms with E-state index in [0.29, 0.717) is 11.1 Å². The average Bonchev–Trinajstić information content (AvgIpc) is 3.33. The van der Waals surface area contributed by atoms with Gasteiger partial charge in [0.25, 0.3) is 5.22 Å². The smallest absolute Gasteiger partial charge is 0.277 e. The van der Waals surface area contributed by atoms with E-state index >= 15 is 0 Å². The van der Waals surface area contributed by atoms with E-state index in [2.05, 4.69) is 32.2 Å². The maximum atomic E-state index is 13.4. The first-order valence-corrected chi connectivity index (χ1v) is 12.0. The van der Waals surface area contributed by atoms with E-state index < -0.39 is 0 Å². The number of anilines is 2. The summed E-state index contributed by atoms with van der Waals surface area (Å²) in [6, 6.07) is 31.4. The normalized spacial score (nSPS) is 10.9. The summed E-state index contributed by atoms with van der Waals surface area (Å²) in [4.78, 5) is 15.1. The molecule has 5 nitrogen and oxygen atoms in total. The van der Waals surface area contributed by atoms with Crippen LogP contribution in [-0.2, 0) is 4.79 Å². The molecule has 5 rings (SSSR count). The highest BCUT2D eigenvalue weighted by Crippen LogP contribution is 2.31. The lowest BCUT2D eigenvalue weighted by molar-refractivity contribution is -0.115. The number of rotatable bonds is 6. The Balaban J connectivity index is 1.38. The van der Waals surface area contributed by atoms with Gasteiger partial charge in [0.15, 0.2) is 0 Å². The van der Waals surface area contributed by atoms with E-state index in [1.807, 2.05) is 91.0 Å². The third-order valence-electron chi connectivity index (χ3n) is 5.07. The van der Waals surface area contributed by atoms with Crippen molar-refractivity contribution in [3.05, 3.63) is 102 Å². The number of halogens is 1. The molecule has 0 aliphatic rings. The van der Waals surface area contributed by atoms with Crippen LogP contribution in [0, 0.1) is 0 Å². The highest BCUT2D eigenvalue weighted by atomic mass is 79.9. The number of nitrogens with zero attached hydrogens (tertiary/aromatic N) is 3. The van der Waals surface area contributed by atoms with Gasteiger partial charge in [-0.3, -0.25) is 9.69 Å². The van der Waals surface area contributed by atoms with Crippen molar-refractivity contribution in [2.24, 2.45) is 0 Å². The third-order valence-corrected chi connectivity index (χ3v) is 6.40. The number of fused-ring (bicyclic) bond motifs is 1. The van der Waals surface area contributed by atoms with Crippen molar-refractivity contribution in [1.29, 1.82) is 0 Å². The van der Waals surface area contributed by atoms with Crippen molar-refractivity contribution in [3.8, 4) is 11.5 Å².